The van der Waals surface area contributed by atoms with E-state index in [-0.39, 0.29) is 5.91 Å². The van der Waals surface area contributed by atoms with Crippen LogP contribution >= 0.6 is 11.6 Å². The van der Waals surface area contributed by atoms with Crippen molar-refractivity contribution in [2.24, 2.45) is 0 Å². The molecule has 0 aliphatic carbocycles. The molecular weight excluding hydrogens is 366 g/mol. The molecule has 2 N–H and O–H groups in total. The van der Waals surface area contributed by atoms with Gasteiger partial charge in [0.1, 0.15) is 5.82 Å². The number of anilines is 3. The van der Waals surface area contributed by atoms with Gasteiger partial charge in [-0.2, -0.15) is 0 Å². The molecule has 0 saturated carbocycles. The number of benzene rings is 2. The molecule has 0 aliphatic heterocycles. The number of hydrogen-bond acceptors (Lipinski definition) is 5. The maximum Gasteiger partial charge on any atom is 0.257 e. The van der Waals surface area contributed by atoms with Gasteiger partial charge >= 0.3 is 0 Å². The summed E-state index contributed by atoms with van der Waals surface area (Å²) in [5, 5.41) is 6.56. The van der Waals surface area contributed by atoms with Crippen LogP contribution < -0.4 is 20.1 Å². The smallest absolute Gasteiger partial charge is 0.257 e. The van der Waals surface area contributed by atoms with Crippen molar-refractivity contribution in [3.63, 3.8) is 0 Å². The van der Waals surface area contributed by atoms with Gasteiger partial charge < -0.3 is 20.1 Å². The summed E-state index contributed by atoms with van der Waals surface area (Å²) in [5.41, 5.74) is 1.90. The lowest BCUT2D eigenvalue weighted by atomic mass is 10.2. The van der Waals surface area contributed by atoms with E-state index in [4.69, 9.17) is 21.1 Å². The van der Waals surface area contributed by atoms with E-state index in [2.05, 4.69) is 15.6 Å². The van der Waals surface area contributed by atoms with Crippen molar-refractivity contribution in [3.8, 4) is 11.5 Å². The average molecular weight is 384 g/mol. The Labute approximate surface area is 162 Å². The molecule has 1 amide bonds. The Hall–Kier alpha value is -3.25. The van der Waals surface area contributed by atoms with Gasteiger partial charge in [-0.05, 0) is 48.5 Å². The number of amides is 1. The molecule has 0 aliphatic rings. The van der Waals surface area contributed by atoms with Crippen LogP contribution in [0.4, 0.5) is 17.2 Å². The number of hydrogen-bond donors (Lipinski definition) is 2. The summed E-state index contributed by atoms with van der Waals surface area (Å²) in [6, 6.07) is 15.8. The number of carbonyl (C=O) groups is 1. The Morgan fingerprint density at radius 3 is 2.26 bits per heavy atom. The van der Waals surface area contributed by atoms with Gasteiger partial charge in [-0.3, -0.25) is 4.79 Å². The predicted molar refractivity (Wildman–Crippen MR) is 106 cm³/mol. The number of rotatable bonds is 6. The summed E-state index contributed by atoms with van der Waals surface area (Å²) >= 11 is 5.84. The summed E-state index contributed by atoms with van der Waals surface area (Å²) in [4.78, 5) is 16.6. The molecular formula is C20H18ClN3O3. The first-order valence-corrected chi connectivity index (χ1v) is 8.49. The van der Waals surface area contributed by atoms with Gasteiger partial charge in [-0.15, -0.1) is 0 Å². The van der Waals surface area contributed by atoms with Crippen LogP contribution in [0.15, 0.2) is 60.8 Å². The number of nitrogens with zero attached hydrogens (tertiary/aromatic N) is 1. The second kappa shape index (κ2) is 8.42. The molecule has 3 aromatic rings. The summed E-state index contributed by atoms with van der Waals surface area (Å²) in [5.74, 6) is 1.61. The minimum atomic E-state index is -0.248. The van der Waals surface area contributed by atoms with Gasteiger partial charge in [0.25, 0.3) is 5.91 Å². The highest BCUT2D eigenvalue weighted by Crippen LogP contribution is 2.30. The Kier molecular flexibility index (Phi) is 5.78. The van der Waals surface area contributed by atoms with Crippen molar-refractivity contribution < 1.29 is 14.3 Å². The number of carbonyl (C=O) groups excluding carboxylic acids is 1. The van der Waals surface area contributed by atoms with Crippen molar-refractivity contribution in [2.75, 3.05) is 24.9 Å². The van der Waals surface area contributed by atoms with Gasteiger partial charge in [-0.25, -0.2) is 4.98 Å². The molecule has 138 valence electrons. The minimum Gasteiger partial charge on any atom is -0.493 e. The Bertz CT molecular complexity index is 928. The lowest BCUT2D eigenvalue weighted by Crippen LogP contribution is -2.12. The molecule has 1 heterocycles. The summed E-state index contributed by atoms with van der Waals surface area (Å²) in [6.45, 7) is 0. The van der Waals surface area contributed by atoms with E-state index in [1.807, 2.05) is 12.1 Å². The van der Waals surface area contributed by atoms with Crippen molar-refractivity contribution in [1.82, 2.24) is 4.98 Å². The molecule has 3 rings (SSSR count). The molecule has 0 spiro atoms. The van der Waals surface area contributed by atoms with E-state index in [0.29, 0.717) is 33.6 Å². The summed E-state index contributed by atoms with van der Waals surface area (Å²) < 4.78 is 10.5. The van der Waals surface area contributed by atoms with Gasteiger partial charge in [0.15, 0.2) is 11.5 Å². The van der Waals surface area contributed by atoms with Crippen molar-refractivity contribution in [2.45, 2.75) is 0 Å². The first-order valence-electron chi connectivity index (χ1n) is 8.11. The molecule has 0 fully saturated rings. The summed E-state index contributed by atoms with van der Waals surface area (Å²) in [6.07, 6.45) is 1.51. The van der Waals surface area contributed by atoms with Crippen LogP contribution in [0.5, 0.6) is 11.5 Å². The first-order chi connectivity index (χ1) is 13.1. The fourth-order valence-corrected chi connectivity index (χ4v) is 2.53. The molecule has 0 atom stereocenters. The highest BCUT2D eigenvalue weighted by Gasteiger charge is 2.08. The van der Waals surface area contributed by atoms with Gasteiger partial charge in [0.05, 0.1) is 19.8 Å². The number of methoxy groups -OCH3 is 2. The number of aromatic nitrogens is 1. The molecule has 0 saturated heterocycles. The third kappa shape index (κ3) is 4.68. The van der Waals surface area contributed by atoms with Crippen molar-refractivity contribution in [1.29, 1.82) is 0 Å². The standard InChI is InChI=1S/C20H18ClN3O3/c1-26-17-9-8-16(11-18(17)27-2)23-19-10-3-13(12-22-19)20(25)24-15-6-4-14(21)5-7-15/h3-12H,1-2H3,(H,22,23)(H,24,25). The summed E-state index contributed by atoms with van der Waals surface area (Å²) in [7, 11) is 3.16. The molecule has 0 radical (unpaired) electrons. The van der Waals surface area contributed by atoms with Crippen LogP contribution in [0.1, 0.15) is 10.4 Å². The van der Waals surface area contributed by atoms with Gasteiger partial charge in [0.2, 0.25) is 0 Å². The normalized spacial score (nSPS) is 10.2. The quantitative estimate of drug-likeness (QED) is 0.642. The number of nitrogens with one attached hydrogen (secondary N) is 2. The fourth-order valence-electron chi connectivity index (χ4n) is 2.40. The van der Waals surface area contributed by atoms with Crippen LogP contribution in [0.25, 0.3) is 0 Å². The van der Waals surface area contributed by atoms with Crippen LogP contribution in [-0.2, 0) is 0 Å². The third-order valence-corrected chi connectivity index (χ3v) is 4.04. The topological polar surface area (TPSA) is 72.5 Å². The number of halogens is 1. The van der Waals surface area contributed by atoms with Gasteiger partial charge in [-0.1, -0.05) is 11.6 Å². The molecule has 6 nitrogen and oxygen atoms in total. The molecule has 0 bridgehead atoms. The van der Waals surface area contributed by atoms with E-state index >= 15 is 0 Å². The number of pyridine rings is 1. The monoisotopic (exact) mass is 383 g/mol. The maximum absolute atomic E-state index is 12.3. The largest absolute Gasteiger partial charge is 0.493 e. The van der Waals surface area contributed by atoms with Crippen LogP contribution in [0.3, 0.4) is 0 Å². The highest BCUT2D eigenvalue weighted by molar-refractivity contribution is 6.30. The molecule has 27 heavy (non-hydrogen) atoms. The van der Waals surface area contributed by atoms with Crippen molar-refractivity contribution in [3.05, 3.63) is 71.4 Å². The molecule has 7 heteroatoms. The Balaban J connectivity index is 1.68. The van der Waals surface area contributed by atoms with Crippen molar-refractivity contribution >= 4 is 34.7 Å². The van der Waals surface area contributed by atoms with E-state index < -0.39 is 0 Å². The zero-order valence-electron chi connectivity index (χ0n) is 14.8. The predicted octanol–water partition coefficient (Wildman–Crippen LogP) is 4.75. The second-order valence-electron chi connectivity index (χ2n) is 5.59. The third-order valence-electron chi connectivity index (χ3n) is 3.78. The maximum atomic E-state index is 12.3. The lowest BCUT2D eigenvalue weighted by molar-refractivity contribution is 0.102. The highest BCUT2D eigenvalue weighted by atomic mass is 35.5. The van der Waals surface area contributed by atoms with Crippen LogP contribution in [-0.4, -0.2) is 25.1 Å². The SMILES string of the molecule is COc1ccc(Nc2ccc(C(=O)Nc3ccc(Cl)cc3)cn2)cc1OC. The zero-order valence-corrected chi connectivity index (χ0v) is 15.6. The fraction of sp³-hybridized carbons (Fsp3) is 0.100. The zero-order chi connectivity index (χ0) is 19.2. The van der Waals surface area contributed by atoms with E-state index in [1.165, 1.54) is 6.20 Å². The Morgan fingerprint density at radius 2 is 1.63 bits per heavy atom. The lowest BCUT2D eigenvalue weighted by Gasteiger charge is -2.11. The van der Waals surface area contributed by atoms with E-state index in [9.17, 15) is 4.79 Å². The molecule has 1 aromatic heterocycles. The van der Waals surface area contributed by atoms with Crippen LogP contribution in [0.2, 0.25) is 5.02 Å². The van der Waals surface area contributed by atoms with Gasteiger partial charge in [0, 0.05) is 28.7 Å². The Morgan fingerprint density at radius 1 is 0.926 bits per heavy atom. The van der Waals surface area contributed by atoms with E-state index in [1.54, 1.807) is 56.7 Å². The molecule has 2 aromatic carbocycles. The number of ether oxygens (including phenoxy) is 2. The minimum absolute atomic E-state index is 0.248. The van der Waals surface area contributed by atoms with E-state index in [0.717, 1.165) is 5.69 Å². The second-order valence-corrected chi connectivity index (χ2v) is 6.02. The first kappa shape index (κ1) is 18.5. The van der Waals surface area contributed by atoms with Crippen LogP contribution in [0, 0.1) is 0 Å². The average Bonchev–Trinajstić information content (AvgIpc) is 2.70. The molecule has 0 unspecified atom stereocenters.